The van der Waals surface area contributed by atoms with E-state index in [1.807, 2.05) is 12.3 Å². The molecule has 0 aliphatic carbocycles. The zero-order valence-electron chi connectivity index (χ0n) is 8.95. The smallest absolute Gasteiger partial charge is 0.303 e. The Morgan fingerprint density at radius 3 is 2.53 bits per heavy atom. The largest absolute Gasteiger partial charge is 0.481 e. The number of aliphatic carboxylic acids is 1. The van der Waals surface area contributed by atoms with Crippen molar-refractivity contribution in [3.8, 4) is 0 Å². The summed E-state index contributed by atoms with van der Waals surface area (Å²) in [5, 5.41) is 9.04. The van der Waals surface area contributed by atoms with Crippen LogP contribution in [-0.2, 0) is 4.79 Å². The van der Waals surface area contributed by atoms with Gasteiger partial charge in [0.15, 0.2) is 0 Å². The molecule has 0 radical (unpaired) electrons. The number of aromatic nitrogens is 1. The third-order valence-corrected chi connectivity index (χ3v) is 2.10. The number of benzene rings is 1. The van der Waals surface area contributed by atoms with Crippen molar-refractivity contribution in [2.24, 2.45) is 0 Å². The fourth-order valence-corrected chi connectivity index (χ4v) is 1.22. The van der Waals surface area contributed by atoms with E-state index < -0.39 is 5.97 Å². The Morgan fingerprint density at radius 1 is 1.40 bits per heavy atom. The molecule has 0 saturated carbocycles. The van der Waals surface area contributed by atoms with Gasteiger partial charge in [-0.05, 0) is 18.6 Å². The van der Waals surface area contributed by atoms with Gasteiger partial charge in [-0.2, -0.15) is 0 Å². The lowest BCUT2D eigenvalue weighted by atomic mass is 10.2. The van der Waals surface area contributed by atoms with Crippen LogP contribution in [0.5, 0.6) is 0 Å². The number of aryl methyl sites for hydroxylation is 1. The highest BCUT2D eigenvalue weighted by Crippen LogP contribution is 2.15. The van der Waals surface area contributed by atoms with Gasteiger partial charge in [0.1, 0.15) is 0 Å². The summed E-state index contributed by atoms with van der Waals surface area (Å²) in [5.41, 5.74) is 2.54. The molecule has 2 N–H and O–H groups in total. The van der Waals surface area contributed by atoms with Gasteiger partial charge in [0.2, 0.25) is 0 Å². The normalized spacial score (nSPS) is 9.47. The van der Waals surface area contributed by atoms with Crippen LogP contribution in [0.1, 0.15) is 18.9 Å². The van der Waals surface area contributed by atoms with E-state index in [1.165, 1.54) is 16.5 Å². The van der Waals surface area contributed by atoms with Gasteiger partial charge in [-0.1, -0.05) is 25.1 Å². The first-order valence-electron chi connectivity index (χ1n) is 4.89. The standard InChI is InChI=1S/C9H9N.C3H6O2/c1-7-6-10-9-5-3-2-4-8(7)9;1-2-3(4)5/h2-6,10H,1H3;2H2,1H3,(H,4,5). The molecule has 0 fully saturated rings. The van der Waals surface area contributed by atoms with Crippen molar-refractivity contribution in [3.05, 3.63) is 36.0 Å². The second-order valence-electron chi connectivity index (χ2n) is 3.26. The van der Waals surface area contributed by atoms with E-state index in [1.54, 1.807) is 6.92 Å². The van der Waals surface area contributed by atoms with Gasteiger partial charge in [-0.15, -0.1) is 0 Å². The third kappa shape index (κ3) is 3.13. The number of carboxylic acid groups (broad SMARTS) is 1. The molecule has 0 unspecified atom stereocenters. The Bertz CT molecular complexity index is 446. The highest BCUT2D eigenvalue weighted by atomic mass is 16.4. The summed E-state index contributed by atoms with van der Waals surface area (Å²) in [6, 6.07) is 8.31. The maximum atomic E-state index is 9.37. The molecule has 0 amide bonds. The lowest BCUT2D eigenvalue weighted by Crippen LogP contribution is -1.86. The molecule has 0 aliphatic rings. The highest BCUT2D eigenvalue weighted by Gasteiger charge is 1.94. The molecular weight excluding hydrogens is 190 g/mol. The van der Waals surface area contributed by atoms with Crippen LogP contribution in [0, 0.1) is 6.92 Å². The molecule has 0 spiro atoms. The topological polar surface area (TPSA) is 53.1 Å². The van der Waals surface area contributed by atoms with Crippen LogP contribution in [0.4, 0.5) is 0 Å². The number of rotatable bonds is 1. The molecule has 80 valence electrons. The molecule has 0 saturated heterocycles. The molecule has 3 nitrogen and oxygen atoms in total. The van der Waals surface area contributed by atoms with E-state index in [9.17, 15) is 4.79 Å². The van der Waals surface area contributed by atoms with Gasteiger partial charge < -0.3 is 10.1 Å². The van der Waals surface area contributed by atoms with Crippen molar-refractivity contribution in [1.82, 2.24) is 4.98 Å². The van der Waals surface area contributed by atoms with Gasteiger partial charge in [-0.3, -0.25) is 4.79 Å². The number of hydrogen-bond acceptors (Lipinski definition) is 1. The van der Waals surface area contributed by atoms with Crippen LogP contribution >= 0.6 is 0 Å². The quantitative estimate of drug-likeness (QED) is 0.752. The minimum Gasteiger partial charge on any atom is -0.481 e. The van der Waals surface area contributed by atoms with Gasteiger partial charge in [0.25, 0.3) is 0 Å². The summed E-state index contributed by atoms with van der Waals surface area (Å²) in [6.07, 6.45) is 2.25. The Labute approximate surface area is 88.7 Å². The van der Waals surface area contributed by atoms with Crippen molar-refractivity contribution in [1.29, 1.82) is 0 Å². The van der Waals surface area contributed by atoms with Crippen LogP contribution in [-0.4, -0.2) is 16.1 Å². The first-order chi connectivity index (χ1) is 7.15. The molecule has 2 rings (SSSR count). The van der Waals surface area contributed by atoms with E-state index in [2.05, 4.69) is 30.1 Å². The summed E-state index contributed by atoms with van der Waals surface area (Å²) in [6.45, 7) is 3.71. The molecule has 2 aromatic rings. The maximum Gasteiger partial charge on any atom is 0.303 e. The maximum absolute atomic E-state index is 9.37. The Kier molecular flexibility index (Phi) is 3.92. The van der Waals surface area contributed by atoms with E-state index in [4.69, 9.17) is 5.11 Å². The molecule has 0 bridgehead atoms. The summed E-state index contributed by atoms with van der Waals surface area (Å²) >= 11 is 0. The van der Waals surface area contributed by atoms with Crippen LogP contribution in [0.15, 0.2) is 30.5 Å². The van der Waals surface area contributed by atoms with E-state index in [-0.39, 0.29) is 6.42 Å². The van der Waals surface area contributed by atoms with E-state index in [0.29, 0.717) is 0 Å². The molecule has 1 aromatic heterocycles. The van der Waals surface area contributed by atoms with Crippen molar-refractivity contribution in [3.63, 3.8) is 0 Å². The fourth-order valence-electron chi connectivity index (χ4n) is 1.22. The Hall–Kier alpha value is -1.77. The number of aromatic amines is 1. The average Bonchev–Trinajstić information content (AvgIpc) is 2.62. The molecule has 0 atom stereocenters. The van der Waals surface area contributed by atoms with Crippen molar-refractivity contribution in [2.75, 3.05) is 0 Å². The van der Waals surface area contributed by atoms with E-state index >= 15 is 0 Å². The predicted octanol–water partition coefficient (Wildman–Crippen LogP) is 2.96. The zero-order chi connectivity index (χ0) is 11.3. The summed E-state index contributed by atoms with van der Waals surface area (Å²) in [5.74, 6) is -0.745. The van der Waals surface area contributed by atoms with Crippen molar-refractivity contribution >= 4 is 16.9 Å². The Morgan fingerprint density at radius 2 is 2.00 bits per heavy atom. The molecular formula is C12H15NO2. The number of para-hydroxylation sites is 1. The van der Waals surface area contributed by atoms with Gasteiger partial charge >= 0.3 is 5.97 Å². The molecule has 1 aromatic carbocycles. The van der Waals surface area contributed by atoms with Crippen molar-refractivity contribution in [2.45, 2.75) is 20.3 Å². The van der Waals surface area contributed by atoms with Crippen LogP contribution in [0.3, 0.4) is 0 Å². The zero-order valence-corrected chi connectivity index (χ0v) is 8.95. The van der Waals surface area contributed by atoms with Gasteiger partial charge in [0, 0.05) is 23.5 Å². The second kappa shape index (κ2) is 5.20. The number of nitrogens with one attached hydrogen (secondary N) is 1. The first-order valence-corrected chi connectivity index (χ1v) is 4.89. The molecule has 1 heterocycles. The minimum absolute atomic E-state index is 0.222. The van der Waals surface area contributed by atoms with Crippen LogP contribution < -0.4 is 0 Å². The number of hydrogen-bond donors (Lipinski definition) is 2. The molecule has 0 aliphatic heterocycles. The lowest BCUT2D eigenvalue weighted by Gasteiger charge is -1.86. The number of carbonyl (C=O) groups is 1. The monoisotopic (exact) mass is 205 g/mol. The second-order valence-corrected chi connectivity index (χ2v) is 3.26. The third-order valence-electron chi connectivity index (χ3n) is 2.10. The van der Waals surface area contributed by atoms with Gasteiger partial charge in [0.05, 0.1) is 0 Å². The average molecular weight is 205 g/mol. The van der Waals surface area contributed by atoms with Crippen LogP contribution in [0.25, 0.3) is 10.9 Å². The molecule has 3 heteroatoms. The van der Waals surface area contributed by atoms with Crippen LogP contribution in [0.2, 0.25) is 0 Å². The Balaban J connectivity index is 0.000000195. The first kappa shape index (κ1) is 11.3. The van der Waals surface area contributed by atoms with E-state index in [0.717, 1.165) is 0 Å². The number of carboxylic acids is 1. The summed E-state index contributed by atoms with van der Waals surface area (Å²) < 4.78 is 0. The summed E-state index contributed by atoms with van der Waals surface area (Å²) in [7, 11) is 0. The lowest BCUT2D eigenvalue weighted by molar-refractivity contribution is -0.136. The minimum atomic E-state index is -0.745. The predicted molar refractivity (Wildman–Crippen MR) is 61.0 cm³/mol. The fraction of sp³-hybridized carbons (Fsp3) is 0.250. The number of fused-ring (bicyclic) bond motifs is 1. The van der Waals surface area contributed by atoms with Crippen molar-refractivity contribution < 1.29 is 9.90 Å². The van der Waals surface area contributed by atoms with Gasteiger partial charge in [-0.25, -0.2) is 0 Å². The number of H-pyrrole nitrogens is 1. The summed E-state index contributed by atoms with van der Waals surface area (Å²) in [4.78, 5) is 12.6. The highest BCUT2D eigenvalue weighted by molar-refractivity contribution is 5.82. The SMILES string of the molecule is CCC(=O)O.Cc1c[nH]c2ccccc12. The molecule has 15 heavy (non-hydrogen) atoms.